The maximum absolute atomic E-state index is 13.0. The molecule has 0 spiro atoms. The lowest BCUT2D eigenvalue weighted by Gasteiger charge is -2.38. The summed E-state index contributed by atoms with van der Waals surface area (Å²) in [6.07, 6.45) is 0.235. The van der Waals surface area contributed by atoms with Gasteiger partial charge >= 0.3 is 0 Å². The summed E-state index contributed by atoms with van der Waals surface area (Å²) in [5.41, 5.74) is 1.71. The summed E-state index contributed by atoms with van der Waals surface area (Å²) >= 11 is 3.38. The Labute approximate surface area is 176 Å². The van der Waals surface area contributed by atoms with Crippen molar-refractivity contribution in [3.63, 3.8) is 0 Å². The average molecular weight is 458 g/mol. The minimum Gasteiger partial charge on any atom is -0.454 e. The van der Waals surface area contributed by atoms with E-state index in [1.54, 1.807) is 12.1 Å². The maximum Gasteiger partial charge on any atom is 0.251 e. The van der Waals surface area contributed by atoms with Gasteiger partial charge in [0, 0.05) is 42.4 Å². The van der Waals surface area contributed by atoms with E-state index in [9.17, 15) is 9.59 Å². The van der Waals surface area contributed by atoms with Crippen LogP contribution >= 0.6 is 15.9 Å². The van der Waals surface area contributed by atoms with Gasteiger partial charge in [0.15, 0.2) is 11.5 Å². The number of piperazine rings is 1. The van der Waals surface area contributed by atoms with Gasteiger partial charge in [0.1, 0.15) is 0 Å². The largest absolute Gasteiger partial charge is 0.454 e. The zero-order chi connectivity index (χ0) is 20.0. The van der Waals surface area contributed by atoms with Crippen LogP contribution < -0.4 is 19.3 Å². The van der Waals surface area contributed by atoms with E-state index < -0.39 is 0 Å². The predicted octanol–water partition coefficient (Wildman–Crippen LogP) is 2.63. The van der Waals surface area contributed by atoms with E-state index in [-0.39, 0.29) is 31.1 Å². The van der Waals surface area contributed by atoms with Crippen molar-refractivity contribution in [1.29, 1.82) is 0 Å². The molecule has 2 fully saturated rings. The van der Waals surface area contributed by atoms with E-state index in [0.29, 0.717) is 5.69 Å². The molecule has 5 rings (SSSR count). The number of rotatable bonds is 3. The number of benzene rings is 2. The van der Waals surface area contributed by atoms with Gasteiger partial charge in [-0.3, -0.25) is 14.5 Å². The summed E-state index contributed by atoms with van der Waals surface area (Å²) in [6, 6.07) is 12.8. The minimum absolute atomic E-state index is 0.131. The third-order valence-electron chi connectivity index (χ3n) is 5.68. The van der Waals surface area contributed by atoms with Crippen molar-refractivity contribution in [1.82, 2.24) is 4.90 Å². The van der Waals surface area contributed by atoms with Crippen LogP contribution in [0.3, 0.4) is 0 Å². The number of hydrogen-bond acceptors (Lipinski definition) is 6. The standard InChI is InChI=1S/C21H20BrN3O4/c22-14-1-3-15(4-2-14)25-20(26)12-17(21(25)27)24-9-7-23(8-10-24)16-5-6-18-19(11-16)29-13-28-18/h1-6,11,17H,7-10,12-13H2/t17-/m1/s1. The van der Waals surface area contributed by atoms with Gasteiger partial charge in [-0.1, -0.05) is 15.9 Å². The summed E-state index contributed by atoms with van der Waals surface area (Å²) in [7, 11) is 0. The van der Waals surface area contributed by atoms with Gasteiger partial charge in [0.05, 0.1) is 18.2 Å². The number of hydrogen-bond donors (Lipinski definition) is 0. The third kappa shape index (κ3) is 3.36. The molecule has 3 heterocycles. The van der Waals surface area contributed by atoms with Crippen molar-refractivity contribution in [2.24, 2.45) is 0 Å². The second kappa shape index (κ2) is 7.35. The second-order valence-electron chi connectivity index (χ2n) is 7.32. The van der Waals surface area contributed by atoms with Crippen LogP contribution in [0.1, 0.15) is 6.42 Å². The number of carbonyl (C=O) groups is 2. The Bertz CT molecular complexity index is 957. The Kier molecular flexibility index (Phi) is 4.67. The van der Waals surface area contributed by atoms with E-state index in [4.69, 9.17) is 9.47 Å². The van der Waals surface area contributed by atoms with Crippen LogP contribution in [0.2, 0.25) is 0 Å². The quantitative estimate of drug-likeness (QED) is 0.660. The highest BCUT2D eigenvalue weighted by atomic mass is 79.9. The van der Waals surface area contributed by atoms with Gasteiger partial charge in [-0.25, -0.2) is 4.90 Å². The molecule has 1 atom stereocenters. The summed E-state index contributed by atoms with van der Waals surface area (Å²) in [5.74, 6) is 1.27. The van der Waals surface area contributed by atoms with Crippen molar-refractivity contribution >= 4 is 39.1 Å². The lowest BCUT2D eigenvalue weighted by atomic mass is 10.1. The molecule has 29 heavy (non-hydrogen) atoms. The first-order valence-electron chi connectivity index (χ1n) is 9.61. The second-order valence-corrected chi connectivity index (χ2v) is 8.24. The summed E-state index contributed by atoms with van der Waals surface area (Å²) in [4.78, 5) is 31.3. The molecule has 0 unspecified atom stereocenters. The number of nitrogens with zero attached hydrogens (tertiary/aromatic N) is 3. The zero-order valence-electron chi connectivity index (χ0n) is 15.7. The van der Waals surface area contributed by atoms with Crippen molar-refractivity contribution < 1.29 is 19.1 Å². The van der Waals surface area contributed by atoms with Crippen LogP contribution in [0, 0.1) is 0 Å². The first-order chi connectivity index (χ1) is 14.1. The summed E-state index contributed by atoms with van der Waals surface area (Å²) < 4.78 is 11.8. The topological polar surface area (TPSA) is 62.3 Å². The van der Waals surface area contributed by atoms with Crippen molar-refractivity contribution in [3.05, 3.63) is 46.9 Å². The van der Waals surface area contributed by atoms with Gasteiger partial charge < -0.3 is 14.4 Å². The number of ether oxygens (including phenoxy) is 2. The molecule has 2 saturated heterocycles. The van der Waals surface area contributed by atoms with Crippen LogP contribution in [0.25, 0.3) is 0 Å². The summed E-state index contributed by atoms with van der Waals surface area (Å²) in [6.45, 7) is 3.30. The van der Waals surface area contributed by atoms with E-state index >= 15 is 0 Å². The monoisotopic (exact) mass is 457 g/mol. The number of fused-ring (bicyclic) bond motifs is 1. The lowest BCUT2D eigenvalue weighted by molar-refractivity contribution is -0.123. The normalized spacial score (nSPS) is 21.9. The van der Waals surface area contributed by atoms with Crippen molar-refractivity contribution in [2.45, 2.75) is 12.5 Å². The van der Waals surface area contributed by atoms with E-state index in [1.807, 2.05) is 30.3 Å². The Morgan fingerprint density at radius 3 is 2.31 bits per heavy atom. The van der Waals surface area contributed by atoms with Crippen LogP contribution in [-0.2, 0) is 9.59 Å². The molecule has 7 nitrogen and oxygen atoms in total. The minimum atomic E-state index is -0.384. The molecule has 150 valence electrons. The van der Waals surface area contributed by atoms with Gasteiger partial charge in [-0.05, 0) is 36.4 Å². The third-order valence-corrected chi connectivity index (χ3v) is 6.21. The Balaban J connectivity index is 1.26. The molecule has 2 amide bonds. The molecule has 0 aliphatic carbocycles. The molecule has 0 aromatic heterocycles. The molecule has 0 saturated carbocycles. The molecule has 8 heteroatoms. The fourth-order valence-corrected chi connectivity index (χ4v) is 4.40. The van der Waals surface area contributed by atoms with Gasteiger partial charge in [-0.2, -0.15) is 0 Å². The molecule has 3 aliphatic rings. The number of imide groups is 1. The smallest absolute Gasteiger partial charge is 0.251 e. The van der Waals surface area contributed by atoms with Gasteiger partial charge in [0.2, 0.25) is 12.7 Å². The molecule has 0 radical (unpaired) electrons. The Morgan fingerprint density at radius 2 is 1.55 bits per heavy atom. The number of carbonyl (C=O) groups excluding carboxylic acids is 2. The van der Waals surface area contributed by atoms with E-state index in [1.165, 1.54) is 4.90 Å². The highest BCUT2D eigenvalue weighted by molar-refractivity contribution is 9.10. The fraction of sp³-hybridized carbons (Fsp3) is 0.333. The molecule has 0 N–H and O–H groups in total. The van der Waals surface area contributed by atoms with Crippen LogP contribution in [-0.4, -0.2) is 55.7 Å². The fourth-order valence-electron chi connectivity index (χ4n) is 4.14. The SMILES string of the molecule is O=C1C[C@@H](N2CCN(c3ccc4c(c3)OCO4)CC2)C(=O)N1c1ccc(Br)cc1. The lowest BCUT2D eigenvalue weighted by Crippen LogP contribution is -2.52. The zero-order valence-corrected chi connectivity index (χ0v) is 17.3. The van der Waals surface area contributed by atoms with Crippen LogP contribution in [0.5, 0.6) is 11.5 Å². The van der Waals surface area contributed by atoms with Crippen LogP contribution in [0.4, 0.5) is 11.4 Å². The van der Waals surface area contributed by atoms with Crippen LogP contribution in [0.15, 0.2) is 46.9 Å². The Morgan fingerprint density at radius 1 is 0.862 bits per heavy atom. The van der Waals surface area contributed by atoms with Gasteiger partial charge in [-0.15, -0.1) is 0 Å². The first kappa shape index (κ1) is 18.4. The maximum atomic E-state index is 13.0. The average Bonchev–Trinajstić information content (AvgIpc) is 3.32. The predicted molar refractivity (Wildman–Crippen MR) is 111 cm³/mol. The molecular formula is C21H20BrN3O4. The van der Waals surface area contributed by atoms with E-state index in [0.717, 1.165) is 47.8 Å². The van der Waals surface area contributed by atoms with Crippen molar-refractivity contribution in [2.75, 3.05) is 42.8 Å². The highest BCUT2D eigenvalue weighted by Gasteiger charge is 2.43. The molecule has 2 aromatic carbocycles. The molecule has 2 aromatic rings. The number of halogens is 1. The number of anilines is 2. The first-order valence-corrected chi connectivity index (χ1v) is 10.4. The van der Waals surface area contributed by atoms with Crippen molar-refractivity contribution in [3.8, 4) is 11.5 Å². The van der Waals surface area contributed by atoms with Gasteiger partial charge in [0.25, 0.3) is 5.91 Å². The Hall–Kier alpha value is -2.58. The molecular weight excluding hydrogens is 438 g/mol. The number of amides is 2. The highest BCUT2D eigenvalue weighted by Crippen LogP contribution is 2.36. The molecule has 0 bridgehead atoms. The van der Waals surface area contributed by atoms with E-state index in [2.05, 4.69) is 25.7 Å². The molecule has 3 aliphatic heterocycles. The summed E-state index contributed by atoms with van der Waals surface area (Å²) in [5, 5.41) is 0.